The van der Waals surface area contributed by atoms with Crippen LogP contribution >= 0.6 is 11.6 Å². The van der Waals surface area contributed by atoms with Crippen LogP contribution in [-0.4, -0.2) is 24.2 Å². The van der Waals surface area contributed by atoms with E-state index in [9.17, 15) is 9.90 Å². The Hall–Kier alpha value is -1.26. The van der Waals surface area contributed by atoms with Gasteiger partial charge in [-0.2, -0.15) is 0 Å². The predicted octanol–water partition coefficient (Wildman–Crippen LogP) is 1.09. The van der Waals surface area contributed by atoms with Gasteiger partial charge >= 0.3 is 5.97 Å². The van der Waals surface area contributed by atoms with Crippen LogP contribution in [0.2, 0.25) is 5.02 Å². The highest BCUT2D eigenvalue weighted by molar-refractivity contribution is 6.30. The number of hydrogen-bond donors (Lipinski definition) is 2. The molecule has 1 aromatic rings. The molecular formula is C10H12ClNO3. The van der Waals surface area contributed by atoms with E-state index in [2.05, 4.69) is 4.74 Å². The van der Waals surface area contributed by atoms with Gasteiger partial charge in [0, 0.05) is 11.4 Å². The maximum atomic E-state index is 11.0. The van der Waals surface area contributed by atoms with E-state index in [-0.39, 0.29) is 12.2 Å². The standard InChI is InChI=1S/C10H12ClNO3/c1-15-10(14)8(12)4-6-2-3-7(11)5-9(6)13/h2-3,5,8,13H,4,12H2,1H3/t8-/m1/s1. The van der Waals surface area contributed by atoms with Crippen molar-refractivity contribution in [2.75, 3.05) is 7.11 Å². The maximum Gasteiger partial charge on any atom is 0.322 e. The second kappa shape index (κ2) is 5.00. The van der Waals surface area contributed by atoms with Gasteiger partial charge in [0.1, 0.15) is 11.8 Å². The summed E-state index contributed by atoms with van der Waals surface area (Å²) in [6.45, 7) is 0. The number of hydrogen-bond acceptors (Lipinski definition) is 4. The molecule has 4 nitrogen and oxygen atoms in total. The maximum absolute atomic E-state index is 11.0. The molecule has 1 aromatic carbocycles. The minimum Gasteiger partial charge on any atom is -0.508 e. The van der Waals surface area contributed by atoms with Gasteiger partial charge in [0.2, 0.25) is 0 Å². The van der Waals surface area contributed by atoms with Crippen LogP contribution in [0, 0.1) is 0 Å². The number of carbonyl (C=O) groups excluding carboxylic acids is 1. The molecule has 0 aromatic heterocycles. The summed E-state index contributed by atoms with van der Waals surface area (Å²) in [7, 11) is 1.27. The fourth-order valence-electron chi connectivity index (χ4n) is 1.18. The van der Waals surface area contributed by atoms with E-state index < -0.39 is 12.0 Å². The summed E-state index contributed by atoms with van der Waals surface area (Å²) in [4.78, 5) is 11.0. The second-order valence-electron chi connectivity index (χ2n) is 3.11. The molecule has 0 aliphatic carbocycles. The topological polar surface area (TPSA) is 72.5 Å². The molecule has 0 aliphatic rings. The number of phenolic OH excluding ortho intramolecular Hbond substituents is 1. The molecule has 3 N–H and O–H groups in total. The van der Waals surface area contributed by atoms with Gasteiger partial charge in [-0.1, -0.05) is 17.7 Å². The molecule has 0 amide bonds. The average Bonchev–Trinajstić information content (AvgIpc) is 2.20. The highest BCUT2D eigenvalue weighted by Gasteiger charge is 2.16. The third-order valence-corrected chi connectivity index (χ3v) is 2.23. The van der Waals surface area contributed by atoms with E-state index in [1.54, 1.807) is 12.1 Å². The summed E-state index contributed by atoms with van der Waals surface area (Å²) >= 11 is 5.66. The lowest BCUT2D eigenvalue weighted by atomic mass is 10.1. The molecule has 1 rings (SSSR count). The number of rotatable bonds is 3. The first kappa shape index (κ1) is 11.8. The normalized spacial score (nSPS) is 12.2. The Morgan fingerprint density at radius 3 is 2.87 bits per heavy atom. The number of benzene rings is 1. The van der Waals surface area contributed by atoms with E-state index in [1.165, 1.54) is 13.2 Å². The monoisotopic (exact) mass is 229 g/mol. The molecular weight excluding hydrogens is 218 g/mol. The first-order valence-corrected chi connectivity index (χ1v) is 4.73. The molecule has 0 unspecified atom stereocenters. The van der Waals surface area contributed by atoms with Crippen LogP contribution in [0.25, 0.3) is 0 Å². The van der Waals surface area contributed by atoms with Crippen molar-refractivity contribution < 1.29 is 14.6 Å². The molecule has 1 atom stereocenters. The summed E-state index contributed by atoms with van der Waals surface area (Å²) in [5.41, 5.74) is 6.12. The second-order valence-corrected chi connectivity index (χ2v) is 3.54. The molecule has 15 heavy (non-hydrogen) atoms. The fraction of sp³-hybridized carbons (Fsp3) is 0.300. The lowest BCUT2D eigenvalue weighted by molar-refractivity contribution is -0.142. The van der Waals surface area contributed by atoms with Gasteiger partial charge in [0.15, 0.2) is 0 Å². The molecule has 0 spiro atoms. The summed E-state index contributed by atoms with van der Waals surface area (Å²) in [6.07, 6.45) is 0.218. The van der Waals surface area contributed by atoms with Gasteiger partial charge in [-0.15, -0.1) is 0 Å². The van der Waals surface area contributed by atoms with Gasteiger partial charge in [0.25, 0.3) is 0 Å². The van der Waals surface area contributed by atoms with Crippen molar-refractivity contribution >= 4 is 17.6 Å². The van der Waals surface area contributed by atoms with Crippen molar-refractivity contribution in [3.05, 3.63) is 28.8 Å². The number of halogens is 1. The summed E-state index contributed by atoms with van der Waals surface area (Å²) in [6, 6.07) is 3.88. The van der Waals surface area contributed by atoms with E-state index in [0.29, 0.717) is 10.6 Å². The van der Waals surface area contributed by atoms with Gasteiger partial charge in [0.05, 0.1) is 7.11 Å². The van der Waals surface area contributed by atoms with E-state index in [1.807, 2.05) is 0 Å². The number of ether oxygens (including phenoxy) is 1. The summed E-state index contributed by atoms with van der Waals surface area (Å²) in [5.74, 6) is -0.480. The van der Waals surface area contributed by atoms with Crippen LogP contribution in [0.15, 0.2) is 18.2 Å². The van der Waals surface area contributed by atoms with Crippen molar-refractivity contribution in [3.8, 4) is 5.75 Å². The van der Waals surface area contributed by atoms with Crippen molar-refractivity contribution in [3.63, 3.8) is 0 Å². The van der Waals surface area contributed by atoms with Gasteiger partial charge < -0.3 is 15.6 Å². The lowest BCUT2D eigenvalue weighted by Crippen LogP contribution is -2.33. The van der Waals surface area contributed by atoms with Crippen LogP contribution < -0.4 is 5.73 Å². The van der Waals surface area contributed by atoms with Crippen molar-refractivity contribution in [1.82, 2.24) is 0 Å². The number of aromatic hydroxyl groups is 1. The van der Waals surface area contributed by atoms with Gasteiger partial charge in [-0.05, 0) is 17.7 Å². The quantitative estimate of drug-likeness (QED) is 0.761. The zero-order chi connectivity index (χ0) is 11.4. The smallest absolute Gasteiger partial charge is 0.322 e. The van der Waals surface area contributed by atoms with Crippen molar-refractivity contribution in [2.24, 2.45) is 5.73 Å². The van der Waals surface area contributed by atoms with Crippen molar-refractivity contribution in [1.29, 1.82) is 0 Å². The summed E-state index contributed by atoms with van der Waals surface area (Å²) < 4.78 is 4.48. The van der Waals surface area contributed by atoms with Crippen LogP contribution in [0.5, 0.6) is 5.75 Å². The van der Waals surface area contributed by atoms with E-state index in [4.69, 9.17) is 17.3 Å². The third kappa shape index (κ3) is 3.11. The number of esters is 1. The molecule has 5 heteroatoms. The lowest BCUT2D eigenvalue weighted by Gasteiger charge is -2.10. The Labute approximate surface area is 92.6 Å². The van der Waals surface area contributed by atoms with E-state index in [0.717, 1.165) is 0 Å². The zero-order valence-corrected chi connectivity index (χ0v) is 8.99. The molecule has 82 valence electrons. The van der Waals surface area contributed by atoms with Crippen LogP contribution in [0.4, 0.5) is 0 Å². The minimum atomic E-state index is -0.776. The van der Waals surface area contributed by atoms with Crippen LogP contribution in [-0.2, 0) is 16.0 Å². The molecule has 0 fully saturated rings. The first-order valence-electron chi connectivity index (χ1n) is 4.35. The number of nitrogens with two attached hydrogens (primary N) is 1. The molecule has 0 aliphatic heterocycles. The number of methoxy groups -OCH3 is 1. The number of carbonyl (C=O) groups is 1. The molecule has 0 heterocycles. The Kier molecular flexibility index (Phi) is 3.94. The Morgan fingerprint density at radius 2 is 2.33 bits per heavy atom. The third-order valence-electron chi connectivity index (χ3n) is 1.99. The predicted molar refractivity (Wildman–Crippen MR) is 56.8 cm³/mol. The average molecular weight is 230 g/mol. The Morgan fingerprint density at radius 1 is 1.67 bits per heavy atom. The van der Waals surface area contributed by atoms with Crippen LogP contribution in [0.1, 0.15) is 5.56 Å². The minimum absolute atomic E-state index is 0.0295. The Bertz CT molecular complexity index is 368. The zero-order valence-electron chi connectivity index (χ0n) is 8.24. The Balaban J connectivity index is 2.76. The van der Waals surface area contributed by atoms with Crippen LogP contribution in [0.3, 0.4) is 0 Å². The molecule has 0 radical (unpaired) electrons. The number of phenols is 1. The molecule has 0 bridgehead atoms. The van der Waals surface area contributed by atoms with Gasteiger partial charge in [-0.25, -0.2) is 0 Å². The van der Waals surface area contributed by atoms with Gasteiger partial charge in [-0.3, -0.25) is 4.79 Å². The fourth-order valence-corrected chi connectivity index (χ4v) is 1.35. The SMILES string of the molecule is COC(=O)[C@H](N)Cc1ccc(Cl)cc1O. The highest BCUT2D eigenvalue weighted by atomic mass is 35.5. The highest BCUT2D eigenvalue weighted by Crippen LogP contribution is 2.22. The summed E-state index contributed by atoms with van der Waals surface area (Å²) in [5, 5.41) is 9.94. The first-order chi connectivity index (χ1) is 7.04. The molecule has 0 saturated carbocycles. The van der Waals surface area contributed by atoms with E-state index >= 15 is 0 Å². The van der Waals surface area contributed by atoms with Crippen molar-refractivity contribution in [2.45, 2.75) is 12.5 Å². The molecule has 0 saturated heterocycles. The largest absolute Gasteiger partial charge is 0.508 e.